The molecule has 0 saturated heterocycles. The maximum atomic E-state index is 11.7. The third kappa shape index (κ3) is 1.37. The molecule has 0 aromatic rings. The van der Waals surface area contributed by atoms with Crippen LogP contribution in [-0.2, 0) is 0 Å². The molecule has 0 radical (unpaired) electrons. The average molecular weight is 220 g/mol. The molecule has 0 heterocycles. The lowest BCUT2D eigenvalue weighted by Gasteiger charge is -2.28. The van der Waals surface area contributed by atoms with E-state index in [2.05, 4.69) is 11.4 Å². The molecule has 0 aromatic carbocycles. The topological polar surface area (TPSA) is 32.3 Å². The van der Waals surface area contributed by atoms with Crippen molar-refractivity contribution in [2.75, 3.05) is 14.1 Å². The number of fused-ring (bicyclic) bond motifs is 5. The second-order valence-electron chi connectivity index (χ2n) is 5.68. The summed E-state index contributed by atoms with van der Waals surface area (Å²) in [7, 11) is 3.60. The van der Waals surface area contributed by atoms with E-state index in [1.165, 1.54) is 25.7 Å². The van der Waals surface area contributed by atoms with Gasteiger partial charge in [-0.25, -0.2) is 4.79 Å². The molecule has 0 spiro atoms. The van der Waals surface area contributed by atoms with Crippen LogP contribution in [0, 0.1) is 17.8 Å². The van der Waals surface area contributed by atoms with E-state index in [0.717, 1.165) is 11.8 Å². The number of amides is 2. The van der Waals surface area contributed by atoms with Gasteiger partial charge in [0, 0.05) is 14.1 Å². The van der Waals surface area contributed by atoms with Crippen LogP contribution >= 0.6 is 0 Å². The van der Waals surface area contributed by atoms with Gasteiger partial charge in [-0.15, -0.1) is 0 Å². The summed E-state index contributed by atoms with van der Waals surface area (Å²) in [5, 5.41) is 3.13. The molecule has 4 atom stereocenters. The average Bonchev–Trinajstić information content (AvgIpc) is 2.87. The maximum absolute atomic E-state index is 11.7. The van der Waals surface area contributed by atoms with Crippen molar-refractivity contribution in [1.82, 2.24) is 10.2 Å². The van der Waals surface area contributed by atoms with Crippen LogP contribution in [0.4, 0.5) is 4.79 Å². The van der Waals surface area contributed by atoms with E-state index >= 15 is 0 Å². The van der Waals surface area contributed by atoms with Crippen LogP contribution in [0.25, 0.3) is 0 Å². The molecule has 3 aliphatic carbocycles. The number of rotatable bonds is 1. The zero-order valence-corrected chi connectivity index (χ0v) is 10.1. The lowest BCUT2D eigenvalue weighted by molar-refractivity contribution is 0.206. The predicted molar refractivity (Wildman–Crippen MR) is 63.0 cm³/mol. The first kappa shape index (κ1) is 10.2. The van der Waals surface area contributed by atoms with Crippen molar-refractivity contribution in [2.45, 2.75) is 31.7 Å². The van der Waals surface area contributed by atoms with Crippen LogP contribution in [-0.4, -0.2) is 31.1 Å². The van der Waals surface area contributed by atoms with Gasteiger partial charge in [-0.05, 0) is 37.0 Å². The van der Waals surface area contributed by atoms with E-state index in [1.807, 2.05) is 0 Å². The number of carbonyl (C=O) groups is 1. The molecule has 3 nitrogen and oxygen atoms in total. The molecule has 3 heteroatoms. The van der Waals surface area contributed by atoms with Crippen molar-refractivity contribution in [1.29, 1.82) is 0 Å². The second-order valence-corrected chi connectivity index (χ2v) is 5.68. The third-order valence-electron chi connectivity index (χ3n) is 4.62. The number of hydrogen-bond acceptors (Lipinski definition) is 1. The Hall–Kier alpha value is -0.990. The van der Waals surface area contributed by atoms with Crippen molar-refractivity contribution in [3.05, 3.63) is 11.6 Å². The molecule has 2 amide bonds. The number of urea groups is 1. The van der Waals surface area contributed by atoms with E-state index in [1.54, 1.807) is 24.6 Å². The first-order valence-corrected chi connectivity index (χ1v) is 6.35. The summed E-state index contributed by atoms with van der Waals surface area (Å²) in [5.41, 5.74) is 1.64. The Balaban J connectivity index is 1.72. The number of hydrogen-bond donors (Lipinski definition) is 1. The minimum absolute atomic E-state index is 0.0453. The summed E-state index contributed by atoms with van der Waals surface area (Å²) in [4.78, 5) is 13.3. The zero-order chi connectivity index (χ0) is 11.3. The predicted octanol–water partition coefficient (Wildman–Crippen LogP) is 2.00. The molecule has 2 fully saturated rings. The molecule has 3 aliphatic rings. The van der Waals surface area contributed by atoms with Gasteiger partial charge >= 0.3 is 6.03 Å². The van der Waals surface area contributed by atoms with E-state index < -0.39 is 0 Å². The molecule has 3 rings (SSSR count). The van der Waals surface area contributed by atoms with E-state index in [0.29, 0.717) is 12.0 Å². The highest BCUT2D eigenvalue weighted by Gasteiger charge is 2.49. The van der Waals surface area contributed by atoms with Crippen LogP contribution < -0.4 is 5.32 Å². The number of carbonyl (C=O) groups excluding carboxylic acids is 1. The van der Waals surface area contributed by atoms with Crippen molar-refractivity contribution >= 4 is 6.03 Å². The Bertz CT molecular complexity index is 348. The number of nitrogens with zero attached hydrogens (tertiary/aromatic N) is 1. The zero-order valence-electron chi connectivity index (χ0n) is 10.1. The van der Waals surface area contributed by atoms with Gasteiger partial charge in [0.05, 0.1) is 6.04 Å². The summed E-state index contributed by atoms with van der Waals surface area (Å²) >= 11 is 0. The first-order chi connectivity index (χ1) is 7.66. The van der Waals surface area contributed by atoms with E-state index in [-0.39, 0.29) is 6.03 Å². The van der Waals surface area contributed by atoms with Gasteiger partial charge in [0.25, 0.3) is 0 Å². The fraction of sp³-hybridized carbons (Fsp3) is 0.769. The van der Waals surface area contributed by atoms with Crippen LogP contribution in [0.2, 0.25) is 0 Å². The summed E-state index contributed by atoms with van der Waals surface area (Å²) < 4.78 is 0. The van der Waals surface area contributed by atoms with E-state index in [9.17, 15) is 4.79 Å². The minimum Gasteiger partial charge on any atom is -0.332 e. The third-order valence-corrected chi connectivity index (χ3v) is 4.62. The highest BCUT2D eigenvalue weighted by molar-refractivity contribution is 5.74. The smallest absolute Gasteiger partial charge is 0.317 e. The molecule has 4 unspecified atom stereocenters. The fourth-order valence-electron chi connectivity index (χ4n) is 3.90. The van der Waals surface area contributed by atoms with Crippen molar-refractivity contribution < 1.29 is 4.79 Å². The molecular formula is C13H20N2O. The Kier molecular flexibility index (Phi) is 2.23. The Morgan fingerprint density at radius 3 is 2.94 bits per heavy atom. The molecular weight excluding hydrogens is 200 g/mol. The Labute approximate surface area is 96.9 Å². The van der Waals surface area contributed by atoms with Gasteiger partial charge in [-0.2, -0.15) is 0 Å². The Morgan fingerprint density at radius 1 is 1.38 bits per heavy atom. The lowest BCUT2D eigenvalue weighted by atomic mass is 9.83. The second kappa shape index (κ2) is 3.51. The maximum Gasteiger partial charge on any atom is 0.317 e. The summed E-state index contributed by atoms with van der Waals surface area (Å²) in [6.45, 7) is 0. The van der Waals surface area contributed by atoms with Crippen LogP contribution in [0.3, 0.4) is 0 Å². The molecule has 16 heavy (non-hydrogen) atoms. The molecule has 88 valence electrons. The Morgan fingerprint density at radius 2 is 2.19 bits per heavy atom. The van der Waals surface area contributed by atoms with Crippen LogP contribution in [0.1, 0.15) is 25.7 Å². The van der Waals surface area contributed by atoms with Gasteiger partial charge in [0.1, 0.15) is 0 Å². The quantitative estimate of drug-likeness (QED) is 0.674. The van der Waals surface area contributed by atoms with Gasteiger partial charge in [-0.1, -0.05) is 18.1 Å². The van der Waals surface area contributed by atoms with E-state index in [4.69, 9.17) is 0 Å². The van der Waals surface area contributed by atoms with Crippen molar-refractivity contribution in [3.63, 3.8) is 0 Å². The molecule has 0 aromatic heterocycles. The molecule has 1 N–H and O–H groups in total. The summed E-state index contributed by atoms with van der Waals surface area (Å²) in [6.07, 6.45) is 7.73. The molecule has 2 bridgehead atoms. The number of nitrogens with one attached hydrogen (secondary N) is 1. The standard InChI is InChI=1S/C13H20N2O/c1-15(2)13(16)14-12-7-8-6-11(12)10-5-3-4-9(8)10/h7,9-12H,3-6H2,1-2H3,(H,14,16). The lowest BCUT2D eigenvalue weighted by Crippen LogP contribution is -2.44. The SMILES string of the molecule is CN(C)C(=O)NC1C=C2CC1C1CCCC21. The fourth-order valence-corrected chi connectivity index (χ4v) is 3.90. The largest absolute Gasteiger partial charge is 0.332 e. The van der Waals surface area contributed by atoms with Gasteiger partial charge in [-0.3, -0.25) is 0 Å². The van der Waals surface area contributed by atoms with Crippen molar-refractivity contribution in [3.8, 4) is 0 Å². The summed E-state index contributed by atoms with van der Waals surface area (Å²) in [6, 6.07) is 0.355. The number of allylic oxidation sites excluding steroid dienone is 1. The van der Waals surface area contributed by atoms with Crippen LogP contribution in [0.5, 0.6) is 0 Å². The molecule has 0 aliphatic heterocycles. The van der Waals surface area contributed by atoms with Gasteiger partial charge in [0.15, 0.2) is 0 Å². The minimum atomic E-state index is 0.0453. The monoisotopic (exact) mass is 220 g/mol. The highest BCUT2D eigenvalue weighted by Crippen LogP contribution is 2.55. The van der Waals surface area contributed by atoms with Gasteiger partial charge in [0.2, 0.25) is 0 Å². The summed E-state index contributed by atoms with van der Waals surface area (Å²) in [5.74, 6) is 2.44. The first-order valence-electron chi connectivity index (χ1n) is 6.35. The highest BCUT2D eigenvalue weighted by atomic mass is 16.2. The van der Waals surface area contributed by atoms with Crippen molar-refractivity contribution in [2.24, 2.45) is 17.8 Å². The van der Waals surface area contributed by atoms with Crippen LogP contribution in [0.15, 0.2) is 11.6 Å². The normalized spacial score (nSPS) is 39.5. The van der Waals surface area contributed by atoms with Gasteiger partial charge < -0.3 is 10.2 Å². The molecule has 2 saturated carbocycles.